The molecular weight excluding hydrogens is 390 g/mol. The lowest BCUT2D eigenvalue weighted by atomic mass is 10.2. The molecule has 1 saturated heterocycles. The maximum Gasteiger partial charge on any atom is 0.267 e. The molecule has 1 aliphatic heterocycles. The Hall–Kier alpha value is -2.05. The summed E-state index contributed by atoms with van der Waals surface area (Å²) in [6.45, 7) is 4.96. The van der Waals surface area contributed by atoms with Gasteiger partial charge in [-0.2, -0.15) is 0 Å². The Morgan fingerprint density at radius 3 is 2.63 bits per heavy atom. The van der Waals surface area contributed by atoms with E-state index in [2.05, 4.69) is 15.0 Å². The van der Waals surface area contributed by atoms with E-state index >= 15 is 0 Å². The van der Waals surface area contributed by atoms with Crippen molar-refractivity contribution in [3.8, 4) is 17.0 Å². The second-order valence-electron chi connectivity index (χ2n) is 6.09. The highest BCUT2D eigenvalue weighted by atomic mass is 32.2. The van der Waals surface area contributed by atoms with E-state index in [9.17, 15) is 8.42 Å². The molecular formula is C16H19N5O4S2. The van der Waals surface area contributed by atoms with Gasteiger partial charge in [-0.15, -0.1) is 5.10 Å². The molecule has 0 amide bonds. The SMILES string of the molecule is NS(=O)(=O)c1nn2cc(-c3ccc(OCCN4CCOCC4)cc3)nc2s1. The zero-order valence-electron chi connectivity index (χ0n) is 14.4. The van der Waals surface area contributed by atoms with Gasteiger partial charge in [0.2, 0.25) is 9.30 Å². The zero-order chi connectivity index (χ0) is 18.9. The summed E-state index contributed by atoms with van der Waals surface area (Å²) in [7, 11) is -3.82. The van der Waals surface area contributed by atoms with Crippen molar-refractivity contribution in [1.82, 2.24) is 19.5 Å². The van der Waals surface area contributed by atoms with Gasteiger partial charge in [-0.25, -0.2) is 23.1 Å². The van der Waals surface area contributed by atoms with Gasteiger partial charge in [0.1, 0.15) is 12.4 Å². The minimum absolute atomic E-state index is 0.152. The van der Waals surface area contributed by atoms with E-state index in [1.165, 1.54) is 4.52 Å². The molecule has 3 aromatic rings. The molecule has 0 radical (unpaired) electrons. The molecule has 0 aliphatic carbocycles. The maximum atomic E-state index is 11.3. The molecule has 0 atom stereocenters. The second-order valence-corrected chi connectivity index (χ2v) is 8.78. The van der Waals surface area contributed by atoms with E-state index in [1.807, 2.05) is 24.3 Å². The fourth-order valence-corrected chi connectivity index (χ4v) is 4.28. The quantitative estimate of drug-likeness (QED) is 0.641. The van der Waals surface area contributed by atoms with Crippen molar-refractivity contribution in [3.63, 3.8) is 0 Å². The number of primary sulfonamides is 1. The number of hydrogen-bond donors (Lipinski definition) is 1. The van der Waals surface area contributed by atoms with Gasteiger partial charge < -0.3 is 9.47 Å². The first-order valence-electron chi connectivity index (χ1n) is 8.41. The molecule has 0 spiro atoms. The summed E-state index contributed by atoms with van der Waals surface area (Å²) < 4.78 is 35.1. The van der Waals surface area contributed by atoms with Crippen molar-refractivity contribution in [1.29, 1.82) is 0 Å². The van der Waals surface area contributed by atoms with E-state index in [4.69, 9.17) is 14.6 Å². The third-order valence-corrected chi connectivity index (χ3v) is 6.43. The zero-order valence-corrected chi connectivity index (χ0v) is 16.1. The number of aromatic nitrogens is 3. The molecule has 0 unspecified atom stereocenters. The van der Waals surface area contributed by atoms with Crippen molar-refractivity contribution in [2.45, 2.75) is 4.34 Å². The first-order valence-corrected chi connectivity index (χ1v) is 10.8. The minimum atomic E-state index is -3.82. The van der Waals surface area contributed by atoms with E-state index in [-0.39, 0.29) is 4.34 Å². The van der Waals surface area contributed by atoms with Gasteiger partial charge in [0, 0.05) is 25.2 Å². The Bertz CT molecular complexity index is 991. The number of imidazole rings is 1. The Kier molecular flexibility index (Phi) is 5.10. The minimum Gasteiger partial charge on any atom is -0.492 e. The lowest BCUT2D eigenvalue weighted by Crippen LogP contribution is -2.38. The highest BCUT2D eigenvalue weighted by Crippen LogP contribution is 2.25. The first kappa shape index (κ1) is 18.3. The Morgan fingerprint density at radius 2 is 1.96 bits per heavy atom. The van der Waals surface area contributed by atoms with Crippen molar-refractivity contribution in [3.05, 3.63) is 30.5 Å². The second kappa shape index (κ2) is 7.52. The number of rotatable bonds is 6. The number of ether oxygens (including phenoxy) is 2. The predicted molar refractivity (Wildman–Crippen MR) is 100 cm³/mol. The molecule has 2 aromatic heterocycles. The Morgan fingerprint density at radius 1 is 1.22 bits per heavy atom. The lowest BCUT2D eigenvalue weighted by Gasteiger charge is -2.26. The van der Waals surface area contributed by atoms with Gasteiger partial charge in [0.25, 0.3) is 10.0 Å². The summed E-state index contributed by atoms with van der Waals surface area (Å²) in [6, 6.07) is 7.62. The standard InChI is InChI=1S/C16H19N5O4S2/c17-27(22,23)16-19-21-11-14(18-15(21)26-16)12-1-3-13(4-2-12)25-10-7-20-5-8-24-9-6-20/h1-4,11H,5-10H2,(H2,17,22,23). The number of sulfonamides is 1. The average molecular weight is 409 g/mol. The van der Waals surface area contributed by atoms with Crippen LogP contribution in [0.4, 0.5) is 0 Å². The summed E-state index contributed by atoms with van der Waals surface area (Å²) in [6.07, 6.45) is 1.68. The highest BCUT2D eigenvalue weighted by molar-refractivity contribution is 7.91. The topological polar surface area (TPSA) is 112 Å². The van der Waals surface area contributed by atoms with E-state index in [0.717, 1.165) is 55.5 Å². The lowest BCUT2D eigenvalue weighted by molar-refractivity contribution is 0.0322. The molecule has 144 valence electrons. The fraction of sp³-hybridized carbons (Fsp3) is 0.375. The van der Waals surface area contributed by atoms with Crippen molar-refractivity contribution in [2.24, 2.45) is 5.14 Å². The molecule has 0 bridgehead atoms. The highest BCUT2D eigenvalue weighted by Gasteiger charge is 2.17. The van der Waals surface area contributed by atoms with Crippen LogP contribution in [0, 0.1) is 0 Å². The van der Waals surface area contributed by atoms with Crippen LogP contribution in [-0.2, 0) is 14.8 Å². The van der Waals surface area contributed by atoms with Crippen molar-refractivity contribution < 1.29 is 17.9 Å². The van der Waals surface area contributed by atoms with E-state index < -0.39 is 10.0 Å². The summed E-state index contributed by atoms with van der Waals surface area (Å²) in [4.78, 5) is 7.20. The number of hydrogen-bond acceptors (Lipinski definition) is 8. The molecule has 1 aliphatic rings. The van der Waals surface area contributed by atoms with Gasteiger partial charge in [-0.1, -0.05) is 11.3 Å². The third-order valence-electron chi connectivity index (χ3n) is 4.20. The van der Waals surface area contributed by atoms with Crippen LogP contribution in [0.1, 0.15) is 0 Å². The molecule has 1 aromatic carbocycles. The molecule has 0 saturated carbocycles. The number of nitrogens with two attached hydrogens (primary N) is 1. The van der Waals surface area contributed by atoms with Crippen LogP contribution in [0.25, 0.3) is 16.2 Å². The van der Waals surface area contributed by atoms with Crippen LogP contribution in [0.5, 0.6) is 5.75 Å². The normalized spacial score (nSPS) is 16.0. The summed E-state index contributed by atoms with van der Waals surface area (Å²) in [5.41, 5.74) is 1.60. The van der Waals surface area contributed by atoms with Crippen LogP contribution >= 0.6 is 11.3 Å². The first-order chi connectivity index (χ1) is 13.0. The molecule has 1 fully saturated rings. The molecule has 11 heteroatoms. The fourth-order valence-electron chi connectivity index (χ4n) is 2.78. The third kappa shape index (κ3) is 4.28. The van der Waals surface area contributed by atoms with Crippen LogP contribution in [0.3, 0.4) is 0 Å². The smallest absolute Gasteiger partial charge is 0.267 e. The van der Waals surface area contributed by atoms with Crippen molar-refractivity contribution >= 4 is 26.3 Å². The number of fused-ring (bicyclic) bond motifs is 1. The summed E-state index contributed by atoms with van der Waals surface area (Å²) >= 11 is 0.937. The van der Waals surface area contributed by atoms with E-state index in [1.54, 1.807) is 6.20 Å². The number of nitrogens with zero attached hydrogens (tertiary/aromatic N) is 4. The molecule has 2 N–H and O–H groups in total. The monoisotopic (exact) mass is 409 g/mol. The van der Waals surface area contributed by atoms with Gasteiger partial charge in [0.15, 0.2) is 0 Å². The van der Waals surface area contributed by atoms with Crippen LogP contribution in [0.15, 0.2) is 34.8 Å². The molecule has 9 nitrogen and oxygen atoms in total. The largest absolute Gasteiger partial charge is 0.492 e. The summed E-state index contributed by atoms with van der Waals surface area (Å²) in [5, 5.41) is 9.04. The van der Waals surface area contributed by atoms with Gasteiger partial charge in [0.05, 0.1) is 25.1 Å². The molecule has 4 rings (SSSR count). The van der Waals surface area contributed by atoms with Crippen LogP contribution < -0.4 is 9.88 Å². The average Bonchev–Trinajstić information content (AvgIpc) is 3.22. The van der Waals surface area contributed by atoms with Gasteiger partial charge in [-0.3, -0.25) is 4.90 Å². The molecule has 27 heavy (non-hydrogen) atoms. The number of morpholine rings is 1. The Balaban J connectivity index is 1.39. The van der Waals surface area contributed by atoms with Crippen LogP contribution in [-0.4, -0.2) is 67.4 Å². The van der Waals surface area contributed by atoms with Gasteiger partial charge >= 0.3 is 0 Å². The molecule has 3 heterocycles. The van der Waals surface area contributed by atoms with E-state index in [0.29, 0.717) is 17.3 Å². The van der Waals surface area contributed by atoms with Gasteiger partial charge in [-0.05, 0) is 24.3 Å². The number of benzene rings is 1. The van der Waals surface area contributed by atoms with Crippen molar-refractivity contribution in [2.75, 3.05) is 39.5 Å². The van der Waals surface area contributed by atoms with Crippen LogP contribution in [0.2, 0.25) is 0 Å². The predicted octanol–water partition coefficient (Wildman–Crippen LogP) is 0.816. The summed E-state index contributed by atoms with van der Waals surface area (Å²) in [5.74, 6) is 0.794. The Labute approximate surface area is 160 Å². The maximum absolute atomic E-state index is 11.3.